The Morgan fingerprint density at radius 1 is 1.19 bits per heavy atom. The van der Waals surface area contributed by atoms with Gasteiger partial charge in [0.1, 0.15) is 5.75 Å². The Labute approximate surface area is 246 Å². The van der Waals surface area contributed by atoms with E-state index in [2.05, 4.69) is 9.84 Å². The molecule has 218 valence electrons. The molecule has 0 amide bonds. The highest BCUT2D eigenvalue weighted by Crippen LogP contribution is 2.36. The predicted octanol–water partition coefficient (Wildman–Crippen LogP) is 5.89. The van der Waals surface area contributed by atoms with Crippen LogP contribution in [0.2, 0.25) is 5.02 Å². The molecule has 1 heterocycles. The van der Waals surface area contributed by atoms with Crippen molar-refractivity contribution in [1.29, 1.82) is 0 Å². The third-order valence-corrected chi connectivity index (χ3v) is 6.68. The number of carbonyl (C=O) groups is 1. The molecule has 0 N–H and O–H groups in total. The van der Waals surface area contributed by atoms with Gasteiger partial charge in [-0.15, -0.1) is 0 Å². The number of aryl methyl sites for hydroxylation is 1. The molecule has 42 heavy (non-hydrogen) atoms. The van der Waals surface area contributed by atoms with Crippen LogP contribution in [-0.2, 0) is 9.53 Å². The molecule has 0 spiro atoms. The normalized spacial score (nSPS) is 11.3. The molecule has 3 aromatic carbocycles. The molecular weight excluding hydrogens is 564 g/mol. The molecule has 0 aliphatic carbocycles. The number of hydrogen-bond acceptors (Lipinski definition) is 9. The van der Waals surface area contributed by atoms with Crippen LogP contribution in [0, 0.1) is 17.0 Å². The van der Waals surface area contributed by atoms with Crippen LogP contribution in [-0.4, -0.2) is 47.1 Å². The molecule has 0 atom stereocenters. The van der Waals surface area contributed by atoms with Crippen LogP contribution < -0.4 is 15.0 Å². The van der Waals surface area contributed by atoms with E-state index in [1.165, 1.54) is 18.3 Å². The zero-order chi connectivity index (χ0) is 30.6. The standard InChI is InChI=1S/C30H29ClN4O7/c1-6-41-26-11-18(4)22(14-21(26)17(2)3)29-33-24-10-8-7-9-20(24)30(37)34(29)32-15-19-12-23(31)28(25(13-19)35(38)39)42-16-27(36)40-5/h7-15,17H,6,16H2,1-5H3. The average Bonchev–Trinajstić information content (AvgIpc) is 2.95. The molecule has 0 unspecified atom stereocenters. The first-order valence-corrected chi connectivity index (χ1v) is 13.4. The number of fused-ring (bicyclic) bond motifs is 1. The lowest BCUT2D eigenvalue weighted by Gasteiger charge is -2.18. The van der Waals surface area contributed by atoms with Gasteiger partial charge < -0.3 is 14.2 Å². The van der Waals surface area contributed by atoms with Crippen LogP contribution in [0.15, 0.2) is 58.4 Å². The number of methoxy groups -OCH3 is 1. The highest BCUT2D eigenvalue weighted by Gasteiger charge is 2.22. The summed E-state index contributed by atoms with van der Waals surface area (Å²) in [5.74, 6) is 0.143. The van der Waals surface area contributed by atoms with Crippen molar-refractivity contribution in [2.45, 2.75) is 33.6 Å². The lowest BCUT2D eigenvalue weighted by molar-refractivity contribution is -0.385. The molecule has 12 heteroatoms. The molecular formula is C30H29ClN4O7. The van der Waals surface area contributed by atoms with Crippen molar-refractivity contribution < 1.29 is 23.9 Å². The Kier molecular flexibility index (Phi) is 9.21. The Bertz CT molecular complexity index is 1770. The molecule has 0 saturated heterocycles. The van der Waals surface area contributed by atoms with E-state index in [4.69, 9.17) is 26.1 Å². The van der Waals surface area contributed by atoms with E-state index in [0.29, 0.717) is 23.1 Å². The van der Waals surface area contributed by atoms with E-state index in [1.54, 1.807) is 24.3 Å². The Morgan fingerprint density at radius 2 is 1.93 bits per heavy atom. The van der Waals surface area contributed by atoms with Crippen LogP contribution in [0.4, 0.5) is 5.69 Å². The van der Waals surface area contributed by atoms with Gasteiger partial charge in [-0.3, -0.25) is 14.9 Å². The number of nitrogens with zero attached hydrogens (tertiary/aromatic N) is 4. The second-order valence-electron chi connectivity index (χ2n) is 9.58. The number of esters is 1. The molecule has 0 saturated carbocycles. The summed E-state index contributed by atoms with van der Waals surface area (Å²) in [4.78, 5) is 41.1. The number of benzene rings is 3. The smallest absolute Gasteiger partial charge is 0.343 e. The molecule has 0 fully saturated rings. The van der Waals surface area contributed by atoms with E-state index < -0.39 is 28.7 Å². The maximum Gasteiger partial charge on any atom is 0.343 e. The first-order valence-electron chi connectivity index (χ1n) is 13.1. The van der Waals surface area contributed by atoms with Gasteiger partial charge in [0.25, 0.3) is 5.56 Å². The quantitative estimate of drug-likeness (QED) is 0.0962. The van der Waals surface area contributed by atoms with Crippen LogP contribution in [0.5, 0.6) is 11.5 Å². The van der Waals surface area contributed by atoms with Gasteiger partial charge in [0.15, 0.2) is 12.4 Å². The Balaban J connectivity index is 1.90. The van der Waals surface area contributed by atoms with Gasteiger partial charge in [-0.25, -0.2) is 9.78 Å². The first-order chi connectivity index (χ1) is 20.0. The van der Waals surface area contributed by atoms with E-state index in [9.17, 15) is 19.7 Å². The number of carbonyl (C=O) groups excluding carboxylic acids is 1. The van der Waals surface area contributed by atoms with E-state index >= 15 is 0 Å². The first kappa shape index (κ1) is 30.2. The molecule has 1 aromatic heterocycles. The summed E-state index contributed by atoms with van der Waals surface area (Å²) in [6.45, 7) is 7.85. The summed E-state index contributed by atoms with van der Waals surface area (Å²) in [6.07, 6.45) is 1.28. The monoisotopic (exact) mass is 592 g/mol. The number of hydrogen-bond donors (Lipinski definition) is 0. The van der Waals surface area contributed by atoms with Gasteiger partial charge in [-0.05, 0) is 61.2 Å². The van der Waals surface area contributed by atoms with Crippen molar-refractivity contribution in [3.05, 3.63) is 90.7 Å². The summed E-state index contributed by atoms with van der Waals surface area (Å²) < 4.78 is 16.8. The SMILES string of the molecule is CCOc1cc(C)c(-c2nc3ccccc3c(=O)n2N=Cc2cc(Cl)c(OCC(=O)OC)c([N+](=O)[O-])c2)cc1C(C)C. The lowest BCUT2D eigenvalue weighted by Crippen LogP contribution is -2.21. The van der Waals surface area contributed by atoms with Crippen molar-refractivity contribution in [3.63, 3.8) is 0 Å². The molecule has 0 aliphatic heterocycles. The summed E-state index contributed by atoms with van der Waals surface area (Å²) in [6, 6.07) is 13.3. The van der Waals surface area contributed by atoms with Crippen LogP contribution in [0.25, 0.3) is 22.3 Å². The molecule has 4 aromatic rings. The summed E-state index contributed by atoms with van der Waals surface area (Å²) in [5, 5.41) is 16.4. The van der Waals surface area contributed by atoms with E-state index in [1.807, 2.05) is 39.8 Å². The summed E-state index contributed by atoms with van der Waals surface area (Å²) in [7, 11) is 1.16. The van der Waals surface area contributed by atoms with E-state index in [0.717, 1.165) is 28.7 Å². The molecule has 11 nitrogen and oxygen atoms in total. The minimum Gasteiger partial charge on any atom is -0.494 e. The largest absolute Gasteiger partial charge is 0.494 e. The maximum atomic E-state index is 13.7. The fraction of sp³-hybridized carbons (Fsp3) is 0.267. The number of rotatable bonds is 10. The lowest BCUT2D eigenvalue weighted by atomic mass is 9.96. The van der Waals surface area contributed by atoms with Gasteiger partial charge >= 0.3 is 11.7 Å². The van der Waals surface area contributed by atoms with Gasteiger partial charge in [0.05, 0.1) is 40.8 Å². The molecule has 0 radical (unpaired) electrons. The third kappa shape index (κ3) is 6.26. The zero-order valence-corrected chi connectivity index (χ0v) is 24.5. The second kappa shape index (κ2) is 12.8. The Morgan fingerprint density at radius 3 is 2.60 bits per heavy atom. The molecule has 4 rings (SSSR count). The topological polar surface area (TPSA) is 135 Å². The van der Waals surface area contributed by atoms with Gasteiger partial charge in [-0.2, -0.15) is 9.78 Å². The van der Waals surface area contributed by atoms with Gasteiger partial charge in [-0.1, -0.05) is 37.6 Å². The highest BCUT2D eigenvalue weighted by molar-refractivity contribution is 6.32. The highest BCUT2D eigenvalue weighted by atomic mass is 35.5. The maximum absolute atomic E-state index is 13.7. The van der Waals surface area contributed by atoms with Crippen LogP contribution in [0.1, 0.15) is 43.4 Å². The minimum absolute atomic E-state index is 0.123. The average molecular weight is 593 g/mol. The van der Waals surface area contributed by atoms with Crippen molar-refractivity contribution in [3.8, 4) is 22.9 Å². The van der Waals surface area contributed by atoms with Gasteiger partial charge in [0, 0.05) is 17.2 Å². The number of ether oxygens (including phenoxy) is 3. The van der Waals surface area contributed by atoms with Gasteiger partial charge in [0.2, 0.25) is 5.75 Å². The fourth-order valence-electron chi connectivity index (χ4n) is 4.34. The van der Waals surface area contributed by atoms with Crippen molar-refractivity contribution >= 4 is 40.4 Å². The number of halogens is 1. The van der Waals surface area contributed by atoms with Crippen molar-refractivity contribution in [2.75, 3.05) is 20.3 Å². The number of aromatic nitrogens is 2. The number of nitro groups is 1. The number of para-hydroxylation sites is 1. The fourth-order valence-corrected chi connectivity index (χ4v) is 4.62. The van der Waals surface area contributed by atoms with Crippen LogP contribution in [0.3, 0.4) is 0 Å². The van der Waals surface area contributed by atoms with Crippen molar-refractivity contribution in [2.24, 2.45) is 5.10 Å². The minimum atomic E-state index is -0.730. The Hall–Kier alpha value is -4.77. The zero-order valence-electron chi connectivity index (χ0n) is 23.7. The predicted molar refractivity (Wildman–Crippen MR) is 160 cm³/mol. The molecule has 0 bridgehead atoms. The summed E-state index contributed by atoms with van der Waals surface area (Å²) >= 11 is 6.30. The van der Waals surface area contributed by atoms with E-state index in [-0.39, 0.29) is 28.1 Å². The van der Waals surface area contributed by atoms with Crippen LogP contribution >= 0.6 is 11.6 Å². The van der Waals surface area contributed by atoms with Crippen molar-refractivity contribution in [1.82, 2.24) is 9.66 Å². The molecule has 0 aliphatic rings. The third-order valence-electron chi connectivity index (χ3n) is 6.40. The summed E-state index contributed by atoms with van der Waals surface area (Å²) in [5.41, 5.74) is 2.24. The number of nitro benzene ring substituents is 1. The second-order valence-corrected chi connectivity index (χ2v) is 9.99.